The van der Waals surface area contributed by atoms with Crippen LogP contribution in [0.5, 0.6) is 17.2 Å². The zero-order chi connectivity index (χ0) is 21.0. The van der Waals surface area contributed by atoms with E-state index in [4.69, 9.17) is 14.2 Å². The number of amides is 3. The summed E-state index contributed by atoms with van der Waals surface area (Å²) in [5.74, 6) is 1.82. The zero-order valence-corrected chi connectivity index (χ0v) is 17.8. The van der Waals surface area contributed by atoms with Crippen LogP contribution in [0.25, 0.3) is 0 Å². The quantitative estimate of drug-likeness (QED) is 0.667. The molecule has 0 saturated carbocycles. The first-order valence-corrected chi connectivity index (χ1v) is 10.5. The number of ether oxygens (including phenoxy) is 3. The number of hydrogen-bond acceptors (Lipinski definition) is 7. The van der Waals surface area contributed by atoms with Crippen LogP contribution < -0.4 is 14.2 Å². The molecule has 0 aromatic heterocycles. The molecule has 1 aromatic rings. The maximum absolute atomic E-state index is 12.7. The van der Waals surface area contributed by atoms with Crippen molar-refractivity contribution in [3.05, 3.63) is 17.7 Å². The third-order valence-electron chi connectivity index (χ3n) is 5.36. The minimum atomic E-state index is -0.166. The van der Waals surface area contributed by atoms with Gasteiger partial charge in [0.25, 0.3) is 5.24 Å². The van der Waals surface area contributed by atoms with Crippen molar-refractivity contribution in [1.29, 1.82) is 0 Å². The molecule has 2 heterocycles. The van der Waals surface area contributed by atoms with E-state index < -0.39 is 0 Å². The van der Waals surface area contributed by atoms with Crippen LogP contribution in [0.1, 0.15) is 24.8 Å². The van der Waals surface area contributed by atoms with E-state index in [9.17, 15) is 14.4 Å². The van der Waals surface area contributed by atoms with Gasteiger partial charge in [-0.2, -0.15) is 0 Å². The number of aryl methyl sites for hydroxylation is 1. The molecule has 2 saturated heterocycles. The Labute approximate surface area is 174 Å². The second-order valence-corrected chi connectivity index (χ2v) is 7.85. The summed E-state index contributed by atoms with van der Waals surface area (Å²) in [6, 6.07) is 3.58. The molecule has 1 aromatic carbocycles. The van der Waals surface area contributed by atoms with Gasteiger partial charge in [-0.25, -0.2) is 0 Å². The van der Waals surface area contributed by atoms with Gasteiger partial charge in [0.05, 0.1) is 27.1 Å². The summed E-state index contributed by atoms with van der Waals surface area (Å²) in [5, 5.41) is -0.166. The number of nitrogens with zero attached hydrogens (tertiary/aromatic N) is 2. The van der Waals surface area contributed by atoms with Gasteiger partial charge in [0.1, 0.15) is 0 Å². The number of piperidine rings is 1. The normalized spacial score (nSPS) is 17.6. The summed E-state index contributed by atoms with van der Waals surface area (Å²) in [7, 11) is 4.67. The van der Waals surface area contributed by atoms with E-state index in [-0.39, 0.29) is 28.8 Å². The summed E-state index contributed by atoms with van der Waals surface area (Å²) >= 11 is 1.05. The van der Waals surface area contributed by atoms with Crippen molar-refractivity contribution in [3.8, 4) is 17.2 Å². The van der Waals surface area contributed by atoms with Crippen LogP contribution in [-0.4, -0.2) is 73.1 Å². The number of benzene rings is 1. The molecule has 0 atom stereocenters. The number of likely N-dealkylation sites (tertiary alicyclic amines) is 1. The van der Waals surface area contributed by atoms with E-state index in [1.54, 1.807) is 27.4 Å². The fraction of sp³-hybridized carbons (Fsp3) is 0.550. The van der Waals surface area contributed by atoms with E-state index in [2.05, 4.69) is 0 Å². The second kappa shape index (κ2) is 9.39. The predicted molar refractivity (Wildman–Crippen MR) is 109 cm³/mol. The van der Waals surface area contributed by atoms with Crippen LogP contribution in [-0.2, 0) is 16.0 Å². The molecule has 0 bridgehead atoms. The lowest BCUT2D eigenvalue weighted by molar-refractivity contribution is -0.133. The Kier molecular flexibility index (Phi) is 6.89. The molecule has 2 aliphatic rings. The van der Waals surface area contributed by atoms with Crippen LogP contribution in [0.15, 0.2) is 12.1 Å². The molecule has 0 aliphatic carbocycles. The van der Waals surface area contributed by atoms with Gasteiger partial charge >= 0.3 is 0 Å². The Morgan fingerprint density at radius 3 is 2.31 bits per heavy atom. The zero-order valence-electron chi connectivity index (χ0n) is 16.9. The monoisotopic (exact) mass is 422 g/mol. The molecule has 158 valence electrons. The molecule has 0 spiro atoms. The highest BCUT2D eigenvalue weighted by Gasteiger charge is 2.37. The maximum Gasteiger partial charge on any atom is 0.289 e. The lowest BCUT2D eigenvalue weighted by Gasteiger charge is -2.35. The second-order valence-electron chi connectivity index (χ2n) is 6.92. The maximum atomic E-state index is 12.7. The van der Waals surface area contributed by atoms with Crippen molar-refractivity contribution < 1.29 is 28.6 Å². The highest BCUT2D eigenvalue weighted by molar-refractivity contribution is 8.14. The third kappa shape index (κ3) is 4.44. The Balaban J connectivity index is 1.57. The molecule has 0 unspecified atom stereocenters. The Morgan fingerprint density at radius 2 is 1.76 bits per heavy atom. The van der Waals surface area contributed by atoms with Crippen molar-refractivity contribution in [2.75, 3.05) is 40.2 Å². The Hall–Kier alpha value is -2.42. The number of imide groups is 1. The highest BCUT2D eigenvalue weighted by Crippen LogP contribution is 2.40. The van der Waals surface area contributed by atoms with E-state index in [1.807, 2.05) is 11.0 Å². The lowest BCUT2D eigenvalue weighted by Crippen LogP contribution is -2.48. The molecule has 29 heavy (non-hydrogen) atoms. The number of methoxy groups -OCH3 is 3. The van der Waals surface area contributed by atoms with Gasteiger partial charge in [-0.15, -0.1) is 0 Å². The first-order chi connectivity index (χ1) is 14.0. The van der Waals surface area contributed by atoms with Gasteiger partial charge in [-0.1, -0.05) is 17.8 Å². The smallest absolute Gasteiger partial charge is 0.289 e. The van der Waals surface area contributed by atoms with Gasteiger partial charge in [-0.3, -0.25) is 19.3 Å². The van der Waals surface area contributed by atoms with Crippen molar-refractivity contribution in [3.63, 3.8) is 0 Å². The van der Waals surface area contributed by atoms with E-state index >= 15 is 0 Å². The average molecular weight is 423 g/mol. The Morgan fingerprint density at radius 1 is 1.07 bits per heavy atom. The summed E-state index contributed by atoms with van der Waals surface area (Å²) in [4.78, 5) is 39.6. The highest BCUT2D eigenvalue weighted by atomic mass is 32.2. The molecule has 9 heteroatoms. The molecular formula is C20H26N2O6S. The summed E-state index contributed by atoms with van der Waals surface area (Å²) < 4.78 is 16.2. The first kappa shape index (κ1) is 21.3. The lowest BCUT2D eigenvalue weighted by atomic mass is 10.0. The molecule has 2 aliphatic heterocycles. The molecule has 0 N–H and O–H groups in total. The fourth-order valence-corrected chi connectivity index (χ4v) is 4.63. The SMILES string of the molecule is COc1ccc(CCC(=O)N2CCC(N3C(=O)CSC3=O)CC2)c(OC)c1OC. The van der Waals surface area contributed by atoms with E-state index in [0.717, 1.165) is 17.3 Å². The van der Waals surface area contributed by atoms with E-state index in [1.165, 1.54) is 4.90 Å². The van der Waals surface area contributed by atoms with Crippen molar-refractivity contribution in [1.82, 2.24) is 9.80 Å². The number of thioether (sulfide) groups is 1. The third-order valence-corrected chi connectivity index (χ3v) is 6.20. The molecule has 8 nitrogen and oxygen atoms in total. The van der Waals surface area contributed by atoms with Gasteiger partial charge in [0, 0.05) is 25.6 Å². The molecule has 3 amide bonds. The first-order valence-electron chi connectivity index (χ1n) is 9.54. The van der Waals surface area contributed by atoms with Gasteiger partial charge in [0.15, 0.2) is 11.5 Å². The molecule has 0 radical (unpaired) electrons. The van der Waals surface area contributed by atoms with Crippen LogP contribution in [0.3, 0.4) is 0 Å². The van der Waals surface area contributed by atoms with Crippen LogP contribution in [0, 0.1) is 0 Å². The van der Waals surface area contributed by atoms with Gasteiger partial charge in [-0.05, 0) is 30.9 Å². The number of carbonyl (C=O) groups is 3. The average Bonchev–Trinajstić information content (AvgIpc) is 3.09. The van der Waals surface area contributed by atoms with Crippen molar-refractivity contribution in [2.45, 2.75) is 31.7 Å². The Bertz CT molecular complexity index is 775. The van der Waals surface area contributed by atoms with Crippen LogP contribution in [0.2, 0.25) is 0 Å². The predicted octanol–water partition coefficient (Wildman–Crippen LogP) is 2.33. The molecular weight excluding hydrogens is 396 g/mol. The minimum Gasteiger partial charge on any atom is -0.493 e. The van der Waals surface area contributed by atoms with Crippen LogP contribution >= 0.6 is 11.8 Å². The molecule has 3 rings (SSSR count). The number of carbonyl (C=O) groups excluding carboxylic acids is 3. The topological polar surface area (TPSA) is 85.4 Å². The molecule has 2 fully saturated rings. The van der Waals surface area contributed by atoms with Crippen molar-refractivity contribution >= 4 is 28.8 Å². The fourth-order valence-electron chi connectivity index (χ4n) is 3.85. The summed E-state index contributed by atoms with van der Waals surface area (Å²) in [5.41, 5.74) is 0.874. The van der Waals surface area contributed by atoms with Crippen LogP contribution in [0.4, 0.5) is 4.79 Å². The number of rotatable bonds is 7. The van der Waals surface area contributed by atoms with Crippen molar-refractivity contribution in [2.24, 2.45) is 0 Å². The summed E-state index contributed by atoms with van der Waals surface area (Å²) in [6.07, 6.45) is 2.11. The standard InChI is InChI=1S/C20H26N2O6S/c1-26-15-6-4-13(18(27-2)19(15)28-3)5-7-16(23)21-10-8-14(9-11-21)22-17(24)12-29-20(22)25/h4,6,14H,5,7-12H2,1-3H3. The van der Waals surface area contributed by atoms with Gasteiger partial charge < -0.3 is 19.1 Å². The van der Waals surface area contributed by atoms with E-state index in [0.29, 0.717) is 56.0 Å². The summed E-state index contributed by atoms with van der Waals surface area (Å²) in [6.45, 7) is 1.10. The largest absolute Gasteiger partial charge is 0.493 e. The minimum absolute atomic E-state index is 0.0498. The van der Waals surface area contributed by atoms with Gasteiger partial charge in [0.2, 0.25) is 17.6 Å². The number of hydrogen-bond donors (Lipinski definition) is 0.